The summed E-state index contributed by atoms with van der Waals surface area (Å²) in [5, 5.41) is 0. The second-order valence-electron chi connectivity index (χ2n) is 1.74. The molecule has 0 fully saturated rings. The number of rotatable bonds is 3. The molecule has 2 nitrogen and oxygen atoms in total. The molecule has 2 heteroatoms. The summed E-state index contributed by atoms with van der Waals surface area (Å²) in [6.07, 6.45) is 2.96. The molecule has 0 amide bonds. The van der Waals surface area contributed by atoms with Crippen molar-refractivity contribution in [3.8, 4) is 0 Å². The summed E-state index contributed by atoms with van der Waals surface area (Å²) in [7, 11) is 1.68. The molecule has 0 N–H and O–H groups in total. The van der Waals surface area contributed by atoms with E-state index in [0.717, 1.165) is 0 Å². The summed E-state index contributed by atoms with van der Waals surface area (Å²) in [5.41, 5.74) is 0. The highest BCUT2D eigenvalue weighted by Gasteiger charge is 1.87. The Labute approximate surface area is 50.6 Å². The molecule has 47 valence electrons. The van der Waals surface area contributed by atoms with Gasteiger partial charge in [-0.2, -0.15) is 0 Å². The predicted octanol–water partition coefficient (Wildman–Crippen LogP) is 0.989. The topological polar surface area (TPSA) is 21.6 Å². The molecule has 0 aliphatic rings. The third-order valence-corrected chi connectivity index (χ3v) is 0.639. The van der Waals surface area contributed by atoms with Gasteiger partial charge >= 0.3 is 0 Å². The second kappa shape index (κ2) is 4.78. The first-order chi connectivity index (χ1) is 3.77. The molecule has 0 aromatic rings. The highest BCUT2D eigenvalue weighted by Crippen LogP contribution is 1.83. The Hall–Kier alpha value is -0.370. The summed E-state index contributed by atoms with van der Waals surface area (Å²) in [4.78, 5) is 3.63. The van der Waals surface area contributed by atoms with Crippen LogP contribution in [0.4, 0.5) is 0 Å². The molecule has 0 rings (SSSR count). The first-order valence-corrected chi connectivity index (χ1v) is 2.70. The van der Waals surface area contributed by atoms with E-state index in [1.807, 2.05) is 13.8 Å². The molecular weight excluding hydrogens is 102 g/mol. The summed E-state index contributed by atoms with van der Waals surface area (Å²) in [6.45, 7) is 4.48. The maximum absolute atomic E-state index is 5.08. The van der Waals surface area contributed by atoms with Gasteiger partial charge in [0.05, 0.1) is 18.9 Å². The number of nitrogens with zero attached hydrogens (tertiary/aromatic N) is 1. The monoisotopic (exact) mass is 114 g/mol. The van der Waals surface area contributed by atoms with Crippen molar-refractivity contribution in [2.24, 2.45) is 4.99 Å². The van der Waals surface area contributed by atoms with Gasteiger partial charge in [-0.15, -0.1) is 0 Å². The number of ether oxygens (including phenoxy) is 1. The van der Waals surface area contributed by atoms with E-state index in [4.69, 9.17) is 4.74 Å². The maximum Gasteiger partial charge on any atom is 0.0906 e. The molecule has 0 aromatic carbocycles. The maximum atomic E-state index is 5.08. The van der Waals surface area contributed by atoms with Gasteiger partial charge in [-0.25, -0.2) is 0 Å². The standard InChI is InChI=1S/C6H12NO/c1-6(2)8-5-4-7-3/h6H,5H2,1-3H3. The van der Waals surface area contributed by atoms with E-state index >= 15 is 0 Å². The lowest BCUT2D eigenvalue weighted by Gasteiger charge is -2.00. The minimum absolute atomic E-state index is 0.282. The van der Waals surface area contributed by atoms with Crippen molar-refractivity contribution in [3.63, 3.8) is 0 Å². The van der Waals surface area contributed by atoms with Gasteiger partial charge in [-0.3, -0.25) is 4.99 Å². The number of hydrogen-bond donors (Lipinski definition) is 0. The van der Waals surface area contributed by atoms with Gasteiger partial charge in [-0.1, -0.05) is 0 Å². The lowest BCUT2D eigenvalue weighted by molar-refractivity contribution is 0.113. The third kappa shape index (κ3) is 5.63. The minimum Gasteiger partial charge on any atom is -0.372 e. The van der Waals surface area contributed by atoms with E-state index in [9.17, 15) is 0 Å². The van der Waals surface area contributed by atoms with Crippen LogP contribution in [0.1, 0.15) is 13.8 Å². The third-order valence-electron chi connectivity index (χ3n) is 0.639. The summed E-state index contributed by atoms with van der Waals surface area (Å²) < 4.78 is 5.08. The Morgan fingerprint density at radius 3 is 2.62 bits per heavy atom. The van der Waals surface area contributed by atoms with Gasteiger partial charge in [0, 0.05) is 7.05 Å². The molecule has 0 aliphatic carbocycles. The van der Waals surface area contributed by atoms with E-state index in [0.29, 0.717) is 6.61 Å². The second-order valence-corrected chi connectivity index (χ2v) is 1.74. The van der Waals surface area contributed by atoms with Gasteiger partial charge in [0.15, 0.2) is 0 Å². The molecule has 0 saturated heterocycles. The number of aliphatic imine (C=N–C) groups is 1. The first kappa shape index (κ1) is 7.63. The van der Waals surface area contributed by atoms with Crippen molar-refractivity contribution in [1.82, 2.24) is 0 Å². The van der Waals surface area contributed by atoms with Crippen LogP contribution in [0.3, 0.4) is 0 Å². The van der Waals surface area contributed by atoms with Crippen LogP contribution in [0, 0.1) is 0 Å². The lowest BCUT2D eigenvalue weighted by Crippen LogP contribution is -2.03. The van der Waals surface area contributed by atoms with E-state index < -0.39 is 0 Å². The van der Waals surface area contributed by atoms with E-state index in [1.54, 1.807) is 7.05 Å². The van der Waals surface area contributed by atoms with E-state index in [1.165, 1.54) is 0 Å². The Kier molecular flexibility index (Phi) is 4.56. The average Bonchev–Trinajstić information content (AvgIpc) is 1.66. The summed E-state index contributed by atoms with van der Waals surface area (Å²) in [5.74, 6) is 0. The molecule has 8 heavy (non-hydrogen) atoms. The highest BCUT2D eigenvalue weighted by molar-refractivity contribution is 5.58. The van der Waals surface area contributed by atoms with Crippen molar-refractivity contribution in [3.05, 3.63) is 0 Å². The normalized spacial score (nSPS) is 11.5. The zero-order chi connectivity index (χ0) is 6.41. The van der Waals surface area contributed by atoms with Crippen LogP contribution in [-0.2, 0) is 4.74 Å². The van der Waals surface area contributed by atoms with Crippen molar-refractivity contribution < 1.29 is 4.74 Å². The minimum atomic E-state index is 0.282. The van der Waals surface area contributed by atoms with E-state index in [2.05, 4.69) is 11.2 Å². The van der Waals surface area contributed by atoms with Gasteiger partial charge in [0.2, 0.25) is 0 Å². The summed E-state index contributed by atoms with van der Waals surface area (Å²) >= 11 is 0. The van der Waals surface area contributed by atoms with Gasteiger partial charge in [0.25, 0.3) is 0 Å². The molecule has 1 radical (unpaired) electrons. The predicted molar refractivity (Wildman–Crippen MR) is 34.4 cm³/mol. The largest absolute Gasteiger partial charge is 0.372 e. The Morgan fingerprint density at radius 2 is 2.25 bits per heavy atom. The van der Waals surface area contributed by atoms with Crippen molar-refractivity contribution >= 4 is 6.21 Å². The molecule has 0 bridgehead atoms. The van der Waals surface area contributed by atoms with Crippen LogP contribution in [-0.4, -0.2) is 26.0 Å². The quantitative estimate of drug-likeness (QED) is 0.501. The fraction of sp³-hybridized carbons (Fsp3) is 0.833. The van der Waals surface area contributed by atoms with Gasteiger partial charge in [0.1, 0.15) is 0 Å². The lowest BCUT2D eigenvalue weighted by atomic mass is 10.5. The van der Waals surface area contributed by atoms with Crippen LogP contribution in [0.2, 0.25) is 0 Å². The van der Waals surface area contributed by atoms with Gasteiger partial charge in [-0.05, 0) is 13.8 Å². The van der Waals surface area contributed by atoms with E-state index in [-0.39, 0.29) is 6.10 Å². The van der Waals surface area contributed by atoms with Gasteiger partial charge < -0.3 is 4.74 Å². The zero-order valence-electron chi connectivity index (χ0n) is 5.64. The number of hydrogen-bond acceptors (Lipinski definition) is 2. The molecule has 0 aromatic heterocycles. The molecule has 0 spiro atoms. The molecule has 0 saturated carbocycles. The first-order valence-electron chi connectivity index (χ1n) is 2.70. The fourth-order valence-electron chi connectivity index (χ4n) is 0.268. The molecule has 0 heterocycles. The van der Waals surface area contributed by atoms with Crippen molar-refractivity contribution in [2.45, 2.75) is 20.0 Å². The Balaban J connectivity index is 2.93. The molecule has 0 atom stereocenters. The van der Waals surface area contributed by atoms with Crippen LogP contribution in [0.15, 0.2) is 4.99 Å². The average molecular weight is 114 g/mol. The van der Waals surface area contributed by atoms with Crippen LogP contribution in [0.5, 0.6) is 0 Å². The molecule has 0 aliphatic heterocycles. The fourth-order valence-corrected chi connectivity index (χ4v) is 0.268. The van der Waals surface area contributed by atoms with Crippen LogP contribution < -0.4 is 0 Å². The Bertz CT molecular complexity index is 68.9. The smallest absolute Gasteiger partial charge is 0.0906 e. The van der Waals surface area contributed by atoms with Crippen LogP contribution in [0.25, 0.3) is 0 Å². The SMILES string of the molecule is C/N=[C]\COC(C)C. The molecular formula is C6H12NO. The van der Waals surface area contributed by atoms with Crippen molar-refractivity contribution in [1.29, 1.82) is 0 Å². The highest BCUT2D eigenvalue weighted by atomic mass is 16.5. The van der Waals surface area contributed by atoms with Crippen LogP contribution >= 0.6 is 0 Å². The molecule has 0 unspecified atom stereocenters. The summed E-state index contributed by atoms with van der Waals surface area (Å²) in [6, 6.07) is 0. The zero-order valence-corrected chi connectivity index (χ0v) is 5.64. The van der Waals surface area contributed by atoms with Crippen molar-refractivity contribution in [2.75, 3.05) is 13.7 Å². The Morgan fingerprint density at radius 1 is 1.62 bits per heavy atom.